The van der Waals surface area contributed by atoms with Crippen LogP contribution in [-0.4, -0.2) is 27.9 Å². The summed E-state index contributed by atoms with van der Waals surface area (Å²) in [5.74, 6) is -0.117. The van der Waals surface area contributed by atoms with E-state index in [2.05, 4.69) is 10.0 Å². The molecule has 0 aliphatic rings. The van der Waals surface area contributed by atoms with Gasteiger partial charge in [-0.2, -0.15) is 0 Å². The summed E-state index contributed by atoms with van der Waals surface area (Å²) in [6.07, 6.45) is 3.00. The molecule has 0 aliphatic carbocycles. The highest BCUT2D eigenvalue weighted by Gasteiger charge is 2.14. The molecular formula is C14H23N3O3S. The highest BCUT2D eigenvalue weighted by Crippen LogP contribution is 2.20. The summed E-state index contributed by atoms with van der Waals surface area (Å²) in [6.45, 7) is 2.45. The number of amides is 1. The molecule has 0 saturated carbocycles. The Labute approximate surface area is 126 Å². The van der Waals surface area contributed by atoms with Gasteiger partial charge < -0.3 is 11.1 Å². The predicted octanol–water partition coefficient (Wildman–Crippen LogP) is 1.36. The number of unbranched alkanes of at least 4 members (excludes halogenated alkanes) is 2. The Morgan fingerprint density at radius 3 is 2.57 bits per heavy atom. The first kappa shape index (κ1) is 17.6. The van der Waals surface area contributed by atoms with Gasteiger partial charge in [0.05, 0.1) is 4.90 Å². The molecule has 0 aliphatic heterocycles. The lowest BCUT2D eigenvalue weighted by atomic mass is 10.1. The summed E-state index contributed by atoms with van der Waals surface area (Å²) < 4.78 is 25.8. The van der Waals surface area contributed by atoms with Gasteiger partial charge in [0, 0.05) is 12.1 Å². The number of sulfonamides is 1. The van der Waals surface area contributed by atoms with E-state index in [0.29, 0.717) is 18.7 Å². The van der Waals surface area contributed by atoms with Crippen molar-refractivity contribution in [2.45, 2.75) is 37.5 Å². The van der Waals surface area contributed by atoms with E-state index in [1.165, 1.54) is 19.2 Å². The summed E-state index contributed by atoms with van der Waals surface area (Å²) in [5.41, 5.74) is 6.74. The van der Waals surface area contributed by atoms with Gasteiger partial charge in [-0.1, -0.05) is 12.5 Å². The smallest absolute Gasteiger partial charge is 0.240 e. The lowest BCUT2D eigenvalue weighted by molar-refractivity contribution is -0.116. The van der Waals surface area contributed by atoms with E-state index in [1.54, 1.807) is 6.07 Å². The summed E-state index contributed by atoms with van der Waals surface area (Å²) in [6, 6.07) is 4.66. The van der Waals surface area contributed by atoms with Crippen LogP contribution in [0.15, 0.2) is 23.1 Å². The van der Waals surface area contributed by atoms with Crippen molar-refractivity contribution in [3.8, 4) is 0 Å². The highest BCUT2D eigenvalue weighted by atomic mass is 32.2. The quantitative estimate of drug-likeness (QED) is 0.631. The molecule has 1 aromatic carbocycles. The number of aryl methyl sites for hydroxylation is 1. The summed E-state index contributed by atoms with van der Waals surface area (Å²) in [7, 11) is -2.16. The molecule has 0 heterocycles. The highest BCUT2D eigenvalue weighted by molar-refractivity contribution is 7.89. The van der Waals surface area contributed by atoms with Crippen molar-refractivity contribution in [2.24, 2.45) is 5.73 Å². The Morgan fingerprint density at radius 1 is 1.24 bits per heavy atom. The van der Waals surface area contributed by atoms with Gasteiger partial charge in [0.25, 0.3) is 0 Å². The first-order valence-electron chi connectivity index (χ1n) is 6.95. The third-order valence-electron chi connectivity index (χ3n) is 3.17. The third-order valence-corrected chi connectivity index (χ3v) is 4.58. The van der Waals surface area contributed by atoms with Crippen molar-refractivity contribution in [3.63, 3.8) is 0 Å². The Balaban J connectivity index is 2.74. The molecule has 7 heteroatoms. The van der Waals surface area contributed by atoms with Crippen molar-refractivity contribution in [2.75, 3.05) is 18.9 Å². The number of carbonyl (C=O) groups is 1. The first-order valence-corrected chi connectivity index (χ1v) is 8.43. The number of anilines is 1. The average Bonchev–Trinajstić information content (AvgIpc) is 2.46. The van der Waals surface area contributed by atoms with E-state index >= 15 is 0 Å². The van der Waals surface area contributed by atoms with E-state index in [-0.39, 0.29) is 10.8 Å². The van der Waals surface area contributed by atoms with Crippen LogP contribution in [-0.2, 0) is 14.8 Å². The van der Waals surface area contributed by atoms with Gasteiger partial charge in [-0.25, -0.2) is 13.1 Å². The van der Waals surface area contributed by atoms with Crippen LogP contribution in [0.1, 0.15) is 31.2 Å². The monoisotopic (exact) mass is 313 g/mol. The molecule has 1 aromatic rings. The van der Waals surface area contributed by atoms with Crippen molar-refractivity contribution >= 4 is 21.6 Å². The fraction of sp³-hybridized carbons (Fsp3) is 0.500. The summed E-state index contributed by atoms with van der Waals surface area (Å²) in [5, 5.41) is 2.76. The molecule has 0 aromatic heterocycles. The zero-order valence-electron chi connectivity index (χ0n) is 12.5. The number of benzene rings is 1. The molecule has 0 atom stereocenters. The molecule has 118 valence electrons. The van der Waals surface area contributed by atoms with Crippen LogP contribution in [0.5, 0.6) is 0 Å². The number of rotatable bonds is 8. The minimum Gasteiger partial charge on any atom is -0.330 e. The molecule has 0 fully saturated rings. The van der Waals surface area contributed by atoms with Crippen LogP contribution in [0.3, 0.4) is 0 Å². The molecule has 1 amide bonds. The van der Waals surface area contributed by atoms with Gasteiger partial charge in [0.15, 0.2) is 0 Å². The van der Waals surface area contributed by atoms with Crippen molar-refractivity contribution in [3.05, 3.63) is 23.8 Å². The maximum atomic E-state index is 11.9. The van der Waals surface area contributed by atoms with Crippen LogP contribution < -0.4 is 15.8 Å². The molecule has 4 N–H and O–H groups in total. The van der Waals surface area contributed by atoms with Gasteiger partial charge in [0.1, 0.15) is 0 Å². The maximum absolute atomic E-state index is 11.9. The number of hydrogen-bond acceptors (Lipinski definition) is 4. The number of carbonyl (C=O) groups excluding carboxylic acids is 1. The van der Waals surface area contributed by atoms with E-state index in [4.69, 9.17) is 5.73 Å². The second kappa shape index (κ2) is 8.11. The Morgan fingerprint density at radius 2 is 1.95 bits per heavy atom. The topological polar surface area (TPSA) is 101 Å². The predicted molar refractivity (Wildman–Crippen MR) is 83.6 cm³/mol. The standard InChI is InChI=1S/C14H23N3O3S/c1-11-7-8-12(21(19,20)16-2)10-13(11)17-14(18)6-4-3-5-9-15/h7-8,10,16H,3-6,9,15H2,1-2H3,(H,17,18). The molecule has 0 bridgehead atoms. The maximum Gasteiger partial charge on any atom is 0.240 e. The zero-order valence-corrected chi connectivity index (χ0v) is 13.3. The molecule has 21 heavy (non-hydrogen) atoms. The molecule has 0 spiro atoms. The fourth-order valence-electron chi connectivity index (χ4n) is 1.84. The van der Waals surface area contributed by atoms with E-state index in [1.807, 2.05) is 6.92 Å². The van der Waals surface area contributed by atoms with E-state index in [0.717, 1.165) is 24.8 Å². The molecular weight excluding hydrogens is 290 g/mol. The Hall–Kier alpha value is -1.44. The van der Waals surface area contributed by atoms with Crippen LogP contribution in [0.25, 0.3) is 0 Å². The van der Waals surface area contributed by atoms with Crippen molar-refractivity contribution < 1.29 is 13.2 Å². The van der Waals surface area contributed by atoms with Gasteiger partial charge in [-0.05, 0) is 51.1 Å². The fourth-order valence-corrected chi connectivity index (χ4v) is 2.60. The SMILES string of the molecule is CNS(=O)(=O)c1ccc(C)c(NC(=O)CCCCCN)c1. The molecule has 1 rings (SSSR count). The van der Waals surface area contributed by atoms with Gasteiger partial charge in [-0.15, -0.1) is 0 Å². The van der Waals surface area contributed by atoms with Crippen LogP contribution in [0.4, 0.5) is 5.69 Å². The zero-order chi connectivity index (χ0) is 15.9. The van der Waals surface area contributed by atoms with Gasteiger partial charge in [-0.3, -0.25) is 4.79 Å². The van der Waals surface area contributed by atoms with Gasteiger partial charge in [0.2, 0.25) is 15.9 Å². The van der Waals surface area contributed by atoms with E-state index < -0.39 is 10.0 Å². The normalized spacial score (nSPS) is 11.4. The minimum atomic E-state index is -3.51. The average molecular weight is 313 g/mol. The minimum absolute atomic E-state index is 0.117. The van der Waals surface area contributed by atoms with Crippen LogP contribution in [0.2, 0.25) is 0 Å². The van der Waals surface area contributed by atoms with Crippen LogP contribution >= 0.6 is 0 Å². The number of hydrogen-bond donors (Lipinski definition) is 3. The molecule has 6 nitrogen and oxygen atoms in total. The van der Waals surface area contributed by atoms with Crippen molar-refractivity contribution in [1.29, 1.82) is 0 Å². The second-order valence-corrected chi connectivity index (χ2v) is 6.72. The largest absolute Gasteiger partial charge is 0.330 e. The van der Waals surface area contributed by atoms with Crippen molar-refractivity contribution in [1.82, 2.24) is 4.72 Å². The molecule has 0 saturated heterocycles. The van der Waals surface area contributed by atoms with E-state index in [9.17, 15) is 13.2 Å². The summed E-state index contributed by atoms with van der Waals surface area (Å²) in [4.78, 5) is 12.0. The molecule has 0 radical (unpaired) electrons. The first-order chi connectivity index (χ1) is 9.90. The lowest BCUT2D eigenvalue weighted by Crippen LogP contribution is -2.19. The lowest BCUT2D eigenvalue weighted by Gasteiger charge is -2.11. The summed E-state index contributed by atoms with van der Waals surface area (Å²) >= 11 is 0. The second-order valence-electron chi connectivity index (χ2n) is 4.83. The van der Waals surface area contributed by atoms with Gasteiger partial charge >= 0.3 is 0 Å². The van der Waals surface area contributed by atoms with Crippen LogP contribution in [0, 0.1) is 6.92 Å². The third kappa shape index (κ3) is 5.45. The molecule has 0 unspecified atom stereocenters. The number of nitrogens with one attached hydrogen (secondary N) is 2. The Bertz CT molecular complexity index is 585. The Kier molecular flexibility index (Phi) is 6.80. The number of nitrogens with two attached hydrogens (primary N) is 1.